The molecule has 38 heavy (non-hydrogen) atoms. The van der Waals surface area contributed by atoms with Crippen LogP contribution in [0, 0.1) is 5.92 Å². The third-order valence-corrected chi connectivity index (χ3v) is 7.50. The monoisotopic (exact) mass is 514 g/mol. The van der Waals surface area contributed by atoms with Crippen LogP contribution < -0.4 is 16.0 Å². The fourth-order valence-electron chi connectivity index (χ4n) is 5.21. The summed E-state index contributed by atoms with van der Waals surface area (Å²) in [7, 11) is 1.80. The van der Waals surface area contributed by atoms with E-state index >= 15 is 0 Å². The summed E-state index contributed by atoms with van der Waals surface area (Å²) in [5, 5.41) is 7.25. The molecule has 4 aromatic rings. The van der Waals surface area contributed by atoms with Gasteiger partial charge >= 0.3 is 0 Å². The molecule has 1 amide bonds. The van der Waals surface area contributed by atoms with Gasteiger partial charge in [-0.1, -0.05) is 0 Å². The number of ketones is 1. The lowest BCUT2D eigenvalue weighted by Gasteiger charge is -2.40. The highest BCUT2D eigenvalue weighted by Gasteiger charge is 2.32. The number of aromatic nitrogens is 5. The Kier molecular flexibility index (Phi) is 6.05. The molecule has 0 spiro atoms. The molecule has 0 unspecified atom stereocenters. The first-order valence-corrected chi connectivity index (χ1v) is 13.0. The largest absolute Gasteiger partial charge is 0.440 e. The Morgan fingerprint density at radius 1 is 1.18 bits per heavy atom. The molecular formula is C27H30N8O3. The molecule has 1 aliphatic heterocycles. The van der Waals surface area contributed by atoms with E-state index in [1.165, 1.54) is 0 Å². The average molecular weight is 515 g/mol. The summed E-state index contributed by atoms with van der Waals surface area (Å²) in [5.41, 5.74) is 8.41. The molecule has 0 radical (unpaired) electrons. The Morgan fingerprint density at radius 2 is 2.03 bits per heavy atom. The maximum atomic E-state index is 13.3. The van der Waals surface area contributed by atoms with Gasteiger partial charge in [0.05, 0.1) is 18.1 Å². The van der Waals surface area contributed by atoms with Crippen LogP contribution in [-0.4, -0.2) is 49.0 Å². The van der Waals surface area contributed by atoms with Gasteiger partial charge in [0, 0.05) is 43.7 Å². The van der Waals surface area contributed by atoms with E-state index in [2.05, 4.69) is 32.2 Å². The van der Waals surface area contributed by atoms with Gasteiger partial charge in [0.1, 0.15) is 11.3 Å². The number of fused-ring (bicyclic) bond motifs is 1. The lowest BCUT2D eigenvalue weighted by Crippen LogP contribution is -2.44. The van der Waals surface area contributed by atoms with E-state index in [1.54, 1.807) is 30.3 Å². The highest BCUT2D eigenvalue weighted by atomic mass is 16.3. The van der Waals surface area contributed by atoms with Crippen LogP contribution in [0.3, 0.4) is 0 Å². The Morgan fingerprint density at radius 3 is 2.76 bits per heavy atom. The minimum absolute atomic E-state index is 0.0462. The second kappa shape index (κ2) is 9.55. The summed E-state index contributed by atoms with van der Waals surface area (Å²) in [6.45, 7) is 2.88. The Balaban J connectivity index is 1.20. The van der Waals surface area contributed by atoms with E-state index in [0.717, 1.165) is 49.2 Å². The van der Waals surface area contributed by atoms with Crippen LogP contribution in [0.2, 0.25) is 0 Å². The van der Waals surface area contributed by atoms with Gasteiger partial charge in [-0.2, -0.15) is 5.10 Å². The van der Waals surface area contributed by atoms with Crippen molar-refractivity contribution >= 4 is 40.1 Å². The predicted molar refractivity (Wildman–Crippen MR) is 142 cm³/mol. The molecule has 11 nitrogen and oxygen atoms in total. The maximum Gasteiger partial charge on any atom is 0.271 e. The van der Waals surface area contributed by atoms with Gasteiger partial charge in [0.2, 0.25) is 0 Å². The molecule has 6 rings (SSSR count). The van der Waals surface area contributed by atoms with Gasteiger partial charge < -0.3 is 20.4 Å². The summed E-state index contributed by atoms with van der Waals surface area (Å²) >= 11 is 0. The molecule has 196 valence electrons. The minimum Gasteiger partial charge on any atom is -0.440 e. The van der Waals surface area contributed by atoms with Crippen LogP contribution in [0.25, 0.3) is 11.1 Å². The van der Waals surface area contributed by atoms with Gasteiger partial charge in [-0.15, -0.1) is 0 Å². The van der Waals surface area contributed by atoms with Crippen LogP contribution in [0.5, 0.6) is 0 Å². The Bertz CT molecular complexity index is 1520. The number of rotatable bonds is 8. The second-order valence-electron chi connectivity index (χ2n) is 10.3. The normalized spacial score (nSPS) is 19.6. The number of carbonyl (C=O) groups is 2. The number of anilines is 3. The molecule has 1 aromatic carbocycles. The minimum atomic E-state index is -0.668. The number of aryl methyl sites for hydroxylation is 1. The lowest BCUT2D eigenvalue weighted by molar-refractivity contribution is 0.0945. The van der Waals surface area contributed by atoms with Crippen molar-refractivity contribution in [2.75, 3.05) is 16.8 Å². The number of nitrogens with zero attached hydrogens (tertiary/aromatic N) is 6. The average Bonchev–Trinajstić information content (AvgIpc) is 3.54. The molecule has 11 heteroatoms. The van der Waals surface area contributed by atoms with Gasteiger partial charge in [0.25, 0.3) is 5.91 Å². The van der Waals surface area contributed by atoms with E-state index in [4.69, 9.17) is 15.1 Å². The number of carbonyl (C=O) groups excluding carboxylic acids is 2. The summed E-state index contributed by atoms with van der Waals surface area (Å²) in [6.07, 6.45) is 9.49. The van der Waals surface area contributed by atoms with Crippen LogP contribution in [0.4, 0.5) is 17.3 Å². The first-order valence-electron chi connectivity index (χ1n) is 13.0. The molecule has 3 aromatic heterocycles. The highest BCUT2D eigenvalue weighted by Crippen LogP contribution is 2.40. The molecule has 2 atom stereocenters. The third kappa shape index (κ3) is 4.71. The number of amides is 1. The predicted octanol–water partition coefficient (Wildman–Crippen LogP) is 3.95. The van der Waals surface area contributed by atoms with Gasteiger partial charge in [-0.05, 0) is 56.7 Å². The third-order valence-electron chi connectivity index (χ3n) is 7.50. The van der Waals surface area contributed by atoms with E-state index in [-0.39, 0.29) is 29.3 Å². The van der Waals surface area contributed by atoms with Crippen LogP contribution in [0.1, 0.15) is 71.7 Å². The highest BCUT2D eigenvalue weighted by molar-refractivity contribution is 5.99. The van der Waals surface area contributed by atoms with Crippen LogP contribution in [0.15, 0.2) is 41.2 Å². The SMILES string of the molecule is C[C@@H]1[C@H](CC(=O)c2ccc3oc(C4CC4)nc3c2)CCCN1c1cnc(C(N)=O)c(Nc2cnn(C)c2)n1. The van der Waals surface area contributed by atoms with E-state index < -0.39 is 5.91 Å². The van der Waals surface area contributed by atoms with Gasteiger partial charge in [-0.3, -0.25) is 14.3 Å². The number of hydrogen-bond donors (Lipinski definition) is 2. The van der Waals surface area contributed by atoms with Crippen molar-refractivity contribution in [3.63, 3.8) is 0 Å². The lowest BCUT2D eigenvalue weighted by atomic mass is 9.85. The number of hydrogen-bond acceptors (Lipinski definition) is 9. The quantitative estimate of drug-likeness (QED) is 0.334. The number of piperidine rings is 1. The van der Waals surface area contributed by atoms with Crippen molar-refractivity contribution in [2.45, 2.75) is 51.0 Å². The molecular weight excluding hydrogens is 484 g/mol. The zero-order valence-corrected chi connectivity index (χ0v) is 21.4. The fraction of sp³-hybridized carbons (Fsp3) is 0.407. The first kappa shape index (κ1) is 24.1. The molecule has 4 heterocycles. The molecule has 3 N–H and O–H groups in total. The Hall–Kier alpha value is -4.28. The number of nitrogens with one attached hydrogen (secondary N) is 1. The summed E-state index contributed by atoms with van der Waals surface area (Å²) in [6, 6.07) is 5.58. The van der Waals surface area contributed by atoms with Gasteiger partial charge in [0.15, 0.2) is 28.8 Å². The zero-order valence-electron chi connectivity index (χ0n) is 21.4. The zero-order chi connectivity index (χ0) is 26.4. The molecule has 0 bridgehead atoms. The van der Waals surface area contributed by atoms with Crippen molar-refractivity contribution in [1.82, 2.24) is 24.7 Å². The standard InChI is InChI=1S/C27H30N8O3/c1-15-17(11-21(36)18-7-8-22-20(10-18)32-27(38-22)16-5-6-16)4-3-9-35(15)23-13-29-24(25(28)37)26(33-23)31-19-12-30-34(2)14-19/h7-8,10,12-17H,3-6,9,11H2,1-2H3,(H2,28,37)(H,31,33)/t15-,17+/m1/s1. The number of Topliss-reactive ketones (excluding diaryl/α,β-unsaturated/α-hetero) is 1. The molecule has 1 saturated heterocycles. The molecule has 2 fully saturated rings. The molecule has 1 aliphatic carbocycles. The summed E-state index contributed by atoms with van der Waals surface area (Å²) < 4.78 is 7.49. The van der Waals surface area contributed by atoms with E-state index in [0.29, 0.717) is 29.4 Å². The number of benzene rings is 1. The van der Waals surface area contributed by atoms with Crippen LogP contribution >= 0.6 is 0 Å². The second-order valence-corrected chi connectivity index (χ2v) is 10.3. The Labute approximate surface area is 219 Å². The van der Waals surface area contributed by atoms with E-state index in [9.17, 15) is 9.59 Å². The molecule has 2 aliphatic rings. The maximum absolute atomic E-state index is 13.3. The van der Waals surface area contributed by atoms with E-state index in [1.807, 2.05) is 18.2 Å². The topological polar surface area (TPSA) is 145 Å². The first-order chi connectivity index (χ1) is 18.4. The summed E-state index contributed by atoms with van der Waals surface area (Å²) in [4.78, 5) is 41.1. The van der Waals surface area contributed by atoms with Crippen molar-refractivity contribution in [2.24, 2.45) is 18.7 Å². The number of nitrogens with two attached hydrogens (primary N) is 1. The summed E-state index contributed by atoms with van der Waals surface area (Å²) in [5.74, 6) is 1.67. The van der Waals surface area contributed by atoms with Crippen molar-refractivity contribution in [1.29, 1.82) is 0 Å². The van der Waals surface area contributed by atoms with Crippen molar-refractivity contribution in [3.8, 4) is 0 Å². The molecule has 1 saturated carbocycles. The number of primary amides is 1. The van der Waals surface area contributed by atoms with Crippen LogP contribution in [-0.2, 0) is 7.05 Å². The van der Waals surface area contributed by atoms with Gasteiger partial charge in [-0.25, -0.2) is 15.0 Å². The van der Waals surface area contributed by atoms with Crippen molar-refractivity contribution in [3.05, 3.63) is 53.9 Å². The smallest absolute Gasteiger partial charge is 0.271 e. The fourth-order valence-corrected chi connectivity index (χ4v) is 5.21. The van der Waals surface area contributed by atoms with Crippen molar-refractivity contribution < 1.29 is 14.0 Å². The number of oxazole rings is 1.